The average molecular weight is 226 g/mol. The maximum absolute atomic E-state index is 6.11. The molecule has 82 valence electrons. The third kappa shape index (κ3) is 2.27. The lowest BCUT2D eigenvalue weighted by molar-refractivity contribution is 0.352. The predicted octanol–water partition coefficient (Wildman–Crippen LogP) is 2.38. The highest BCUT2D eigenvalue weighted by atomic mass is 35.5. The van der Waals surface area contributed by atoms with Gasteiger partial charge < -0.3 is 9.64 Å². The number of rotatable bonds is 1. The second-order valence-electron chi connectivity index (χ2n) is 4.06. The molecular formula is C12H16ClNO. The zero-order valence-electron chi connectivity index (χ0n) is 9.22. The van der Waals surface area contributed by atoms with Gasteiger partial charge in [0, 0.05) is 13.1 Å². The summed E-state index contributed by atoms with van der Waals surface area (Å²) in [7, 11) is 3.82. The second kappa shape index (κ2) is 4.42. The molecule has 1 aliphatic rings. The Hall–Kier alpha value is -0.730. The van der Waals surface area contributed by atoms with Crippen LogP contribution in [-0.2, 0) is 12.8 Å². The minimum Gasteiger partial charge on any atom is -0.495 e. The lowest BCUT2D eigenvalue weighted by atomic mass is 10.0. The van der Waals surface area contributed by atoms with Crippen LogP contribution in [0.4, 0.5) is 0 Å². The van der Waals surface area contributed by atoms with E-state index in [1.165, 1.54) is 11.1 Å². The normalized spacial score (nSPS) is 17.0. The number of likely N-dealkylation sites (N-methyl/N-ethyl adjacent to an activating group) is 1. The molecule has 1 aromatic carbocycles. The van der Waals surface area contributed by atoms with Crippen LogP contribution in [0.15, 0.2) is 12.1 Å². The highest BCUT2D eigenvalue weighted by Crippen LogP contribution is 2.29. The van der Waals surface area contributed by atoms with Crippen LogP contribution >= 0.6 is 11.6 Å². The number of benzene rings is 1. The molecule has 3 heteroatoms. The SMILES string of the molecule is COc1cc2c(cc1Cl)CCN(C)CC2. The van der Waals surface area contributed by atoms with Gasteiger partial charge in [-0.1, -0.05) is 11.6 Å². The summed E-state index contributed by atoms with van der Waals surface area (Å²) in [5, 5.41) is 0.723. The van der Waals surface area contributed by atoms with Gasteiger partial charge >= 0.3 is 0 Å². The molecule has 0 saturated heterocycles. The summed E-state index contributed by atoms with van der Waals surface area (Å²) < 4.78 is 5.23. The molecule has 0 unspecified atom stereocenters. The number of hydrogen-bond acceptors (Lipinski definition) is 2. The highest BCUT2D eigenvalue weighted by Gasteiger charge is 2.13. The van der Waals surface area contributed by atoms with Crippen LogP contribution in [0, 0.1) is 0 Å². The van der Waals surface area contributed by atoms with Crippen molar-refractivity contribution in [2.24, 2.45) is 0 Å². The van der Waals surface area contributed by atoms with E-state index < -0.39 is 0 Å². The van der Waals surface area contributed by atoms with Gasteiger partial charge in [-0.3, -0.25) is 0 Å². The van der Waals surface area contributed by atoms with Crippen molar-refractivity contribution in [1.29, 1.82) is 0 Å². The van der Waals surface area contributed by atoms with Gasteiger partial charge in [-0.2, -0.15) is 0 Å². The monoisotopic (exact) mass is 225 g/mol. The first-order valence-corrected chi connectivity index (χ1v) is 5.62. The molecule has 0 aliphatic carbocycles. The molecule has 0 fully saturated rings. The number of hydrogen-bond donors (Lipinski definition) is 0. The van der Waals surface area contributed by atoms with Gasteiger partial charge in [-0.25, -0.2) is 0 Å². The van der Waals surface area contributed by atoms with Crippen molar-refractivity contribution in [2.75, 3.05) is 27.2 Å². The van der Waals surface area contributed by atoms with E-state index in [0.717, 1.165) is 36.7 Å². The van der Waals surface area contributed by atoms with Crippen molar-refractivity contribution in [1.82, 2.24) is 4.90 Å². The van der Waals surface area contributed by atoms with Gasteiger partial charge in [0.15, 0.2) is 0 Å². The summed E-state index contributed by atoms with van der Waals surface area (Å²) in [6.45, 7) is 2.22. The molecule has 0 N–H and O–H groups in total. The van der Waals surface area contributed by atoms with Crippen LogP contribution in [0.2, 0.25) is 5.02 Å². The van der Waals surface area contributed by atoms with Crippen molar-refractivity contribution in [2.45, 2.75) is 12.8 Å². The van der Waals surface area contributed by atoms with E-state index in [1.54, 1.807) is 7.11 Å². The summed E-state index contributed by atoms with van der Waals surface area (Å²) in [5.41, 5.74) is 2.74. The highest BCUT2D eigenvalue weighted by molar-refractivity contribution is 6.32. The van der Waals surface area contributed by atoms with Crippen LogP contribution in [0.3, 0.4) is 0 Å². The van der Waals surface area contributed by atoms with Gasteiger partial charge in [0.2, 0.25) is 0 Å². The summed E-state index contributed by atoms with van der Waals surface area (Å²) in [6.07, 6.45) is 2.16. The zero-order chi connectivity index (χ0) is 10.8. The van der Waals surface area contributed by atoms with Crippen LogP contribution in [0.25, 0.3) is 0 Å². The summed E-state index contributed by atoms with van der Waals surface area (Å²) >= 11 is 6.11. The largest absolute Gasteiger partial charge is 0.495 e. The van der Waals surface area contributed by atoms with Gasteiger partial charge in [-0.05, 0) is 43.1 Å². The number of ether oxygens (including phenoxy) is 1. The maximum Gasteiger partial charge on any atom is 0.137 e. The lowest BCUT2D eigenvalue weighted by Crippen LogP contribution is -2.20. The van der Waals surface area contributed by atoms with Crippen molar-refractivity contribution in [3.63, 3.8) is 0 Å². The third-order valence-electron chi connectivity index (χ3n) is 3.00. The number of fused-ring (bicyclic) bond motifs is 1. The number of nitrogens with zero attached hydrogens (tertiary/aromatic N) is 1. The Morgan fingerprint density at radius 3 is 2.40 bits per heavy atom. The second-order valence-corrected chi connectivity index (χ2v) is 4.47. The molecule has 0 amide bonds. The molecule has 0 saturated carbocycles. The summed E-state index contributed by atoms with van der Waals surface area (Å²) in [6, 6.07) is 4.13. The van der Waals surface area contributed by atoms with E-state index in [0.29, 0.717) is 0 Å². The quantitative estimate of drug-likeness (QED) is 0.728. The number of methoxy groups -OCH3 is 1. The first-order chi connectivity index (χ1) is 7.20. The molecule has 1 aromatic rings. The topological polar surface area (TPSA) is 12.5 Å². The van der Waals surface area contributed by atoms with Crippen molar-refractivity contribution in [3.8, 4) is 5.75 Å². The molecule has 1 aliphatic heterocycles. The smallest absolute Gasteiger partial charge is 0.137 e. The van der Waals surface area contributed by atoms with Crippen molar-refractivity contribution < 1.29 is 4.74 Å². The van der Waals surface area contributed by atoms with Crippen LogP contribution in [-0.4, -0.2) is 32.1 Å². The molecule has 0 aromatic heterocycles. The molecule has 2 rings (SSSR count). The van der Waals surface area contributed by atoms with E-state index in [-0.39, 0.29) is 0 Å². The number of halogens is 1. The third-order valence-corrected chi connectivity index (χ3v) is 3.30. The lowest BCUT2D eigenvalue weighted by Gasteiger charge is -2.10. The van der Waals surface area contributed by atoms with Crippen LogP contribution in [0.1, 0.15) is 11.1 Å². The molecular weight excluding hydrogens is 210 g/mol. The Kier molecular flexibility index (Phi) is 3.17. The Labute approximate surface area is 95.8 Å². The standard InChI is InChI=1S/C12H16ClNO/c1-14-5-3-9-7-11(13)12(15-2)8-10(9)4-6-14/h7-8H,3-6H2,1-2H3. The Balaban J connectivity index is 2.36. The Bertz CT molecular complexity index is 365. The molecule has 2 nitrogen and oxygen atoms in total. The first kappa shape index (κ1) is 10.8. The van der Waals surface area contributed by atoms with E-state index in [2.05, 4.69) is 24.1 Å². The van der Waals surface area contributed by atoms with E-state index in [1.807, 2.05) is 0 Å². The van der Waals surface area contributed by atoms with E-state index >= 15 is 0 Å². The maximum atomic E-state index is 6.11. The van der Waals surface area contributed by atoms with Gasteiger partial charge in [0.1, 0.15) is 5.75 Å². The predicted molar refractivity (Wildman–Crippen MR) is 62.9 cm³/mol. The zero-order valence-corrected chi connectivity index (χ0v) is 9.97. The fourth-order valence-corrected chi connectivity index (χ4v) is 2.26. The van der Waals surface area contributed by atoms with E-state index in [9.17, 15) is 0 Å². The molecule has 0 atom stereocenters. The summed E-state index contributed by atoms with van der Waals surface area (Å²) in [4.78, 5) is 2.35. The fraction of sp³-hybridized carbons (Fsp3) is 0.500. The van der Waals surface area contributed by atoms with E-state index in [4.69, 9.17) is 16.3 Å². The average Bonchev–Trinajstić information content (AvgIpc) is 2.40. The van der Waals surface area contributed by atoms with Crippen LogP contribution < -0.4 is 4.74 Å². The Morgan fingerprint density at radius 2 is 1.80 bits per heavy atom. The van der Waals surface area contributed by atoms with Crippen LogP contribution in [0.5, 0.6) is 5.75 Å². The minimum absolute atomic E-state index is 0.723. The molecule has 15 heavy (non-hydrogen) atoms. The molecule has 0 spiro atoms. The molecule has 0 radical (unpaired) electrons. The molecule has 0 bridgehead atoms. The van der Waals surface area contributed by atoms with Crippen molar-refractivity contribution in [3.05, 3.63) is 28.3 Å². The minimum atomic E-state index is 0.723. The summed E-state index contributed by atoms with van der Waals surface area (Å²) in [5.74, 6) is 0.792. The fourth-order valence-electron chi connectivity index (χ4n) is 1.99. The van der Waals surface area contributed by atoms with Gasteiger partial charge in [0.25, 0.3) is 0 Å². The van der Waals surface area contributed by atoms with Crippen molar-refractivity contribution >= 4 is 11.6 Å². The Morgan fingerprint density at radius 1 is 1.20 bits per heavy atom. The molecule has 1 heterocycles. The van der Waals surface area contributed by atoms with Gasteiger partial charge in [0.05, 0.1) is 12.1 Å². The first-order valence-electron chi connectivity index (χ1n) is 5.24. The van der Waals surface area contributed by atoms with Gasteiger partial charge in [-0.15, -0.1) is 0 Å².